The average Bonchev–Trinajstić information content (AvgIpc) is 3.37. The summed E-state index contributed by atoms with van der Waals surface area (Å²) in [5.41, 5.74) is 0. The Morgan fingerprint density at radius 3 is 1.07 bits per heavy atom. The van der Waals surface area contributed by atoms with Crippen LogP contribution >= 0.6 is 7.82 Å². The van der Waals surface area contributed by atoms with Gasteiger partial charge in [0.15, 0.2) is 6.10 Å². The number of unbranched alkanes of at least 4 members (excludes halogenated alkanes) is 33. The molecular weight excluding hydrogens is 928 g/mol. The molecule has 3 unspecified atom stereocenters. The molecule has 422 valence electrons. The lowest BCUT2D eigenvalue weighted by atomic mass is 10.1. The Bertz CT molecular complexity index is 1350. The van der Waals surface area contributed by atoms with E-state index in [-0.39, 0.29) is 25.9 Å². The summed E-state index contributed by atoms with van der Waals surface area (Å²) in [7, 11) is -4.74. The predicted octanol–water partition coefficient (Wildman–Crippen LogP) is 17.6. The van der Waals surface area contributed by atoms with E-state index in [0.717, 1.165) is 89.9 Å². The molecule has 2 N–H and O–H groups in total. The molecule has 0 aromatic heterocycles. The molecule has 0 saturated carbocycles. The summed E-state index contributed by atoms with van der Waals surface area (Å²) in [5, 5.41) is 9.81. The van der Waals surface area contributed by atoms with Gasteiger partial charge in [-0.3, -0.25) is 23.4 Å². The molecule has 0 aromatic rings. The van der Waals surface area contributed by atoms with Crippen LogP contribution in [0.15, 0.2) is 36.5 Å². The second-order valence-electron chi connectivity index (χ2n) is 20.2. The molecule has 0 amide bonds. The highest BCUT2D eigenvalue weighted by Gasteiger charge is 2.28. The fraction of sp³-hybridized carbons (Fsp3) is 0.850. The molecule has 12 heteroatoms. The van der Waals surface area contributed by atoms with Gasteiger partial charge < -0.3 is 24.2 Å². The van der Waals surface area contributed by atoms with E-state index >= 15 is 0 Å². The van der Waals surface area contributed by atoms with Gasteiger partial charge in [-0.1, -0.05) is 231 Å². The van der Waals surface area contributed by atoms with Crippen molar-refractivity contribution < 1.29 is 52.2 Å². The Labute approximate surface area is 441 Å². The first-order chi connectivity index (χ1) is 35.2. The monoisotopic (exact) mass is 1040 g/mol. The highest BCUT2D eigenvalue weighted by Crippen LogP contribution is 2.43. The Balaban J connectivity index is 4.65. The third-order valence-electron chi connectivity index (χ3n) is 13.0. The van der Waals surface area contributed by atoms with Crippen LogP contribution in [-0.2, 0) is 42.2 Å². The van der Waals surface area contributed by atoms with Crippen LogP contribution in [0.2, 0.25) is 0 Å². The maximum absolute atomic E-state index is 12.9. The molecule has 3 atom stereocenters. The molecular formula is C60H111O11P. The van der Waals surface area contributed by atoms with Gasteiger partial charge in [0.25, 0.3) is 0 Å². The van der Waals surface area contributed by atoms with E-state index in [1.165, 1.54) is 141 Å². The van der Waals surface area contributed by atoms with Crippen molar-refractivity contribution in [3.63, 3.8) is 0 Å². The van der Waals surface area contributed by atoms with Crippen molar-refractivity contribution in [3.8, 4) is 0 Å². The number of ether oxygens (including phenoxy) is 3. The fourth-order valence-corrected chi connectivity index (χ4v) is 9.23. The molecule has 0 aliphatic carbocycles. The molecule has 0 spiro atoms. The van der Waals surface area contributed by atoms with E-state index < -0.39 is 57.8 Å². The van der Waals surface area contributed by atoms with Crippen LogP contribution in [0, 0.1) is 0 Å². The minimum Gasteiger partial charge on any atom is -0.462 e. The number of hydrogen-bond acceptors (Lipinski definition) is 10. The fourth-order valence-electron chi connectivity index (χ4n) is 8.44. The van der Waals surface area contributed by atoms with Gasteiger partial charge in [0.2, 0.25) is 0 Å². The molecule has 0 heterocycles. The summed E-state index contributed by atoms with van der Waals surface area (Å²) in [5.74, 6) is -1.46. The Hall–Kier alpha value is -2.30. The van der Waals surface area contributed by atoms with Crippen molar-refractivity contribution in [1.29, 1.82) is 0 Å². The Morgan fingerprint density at radius 2 is 0.681 bits per heavy atom. The number of hydrogen-bond donors (Lipinski definition) is 2. The van der Waals surface area contributed by atoms with Crippen molar-refractivity contribution in [2.24, 2.45) is 0 Å². The van der Waals surface area contributed by atoms with Crippen LogP contribution in [0.5, 0.6) is 0 Å². The third-order valence-corrected chi connectivity index (χ3v) is 14.0. The van der Waals surface area contributed by atoms with Gasteiger partial charge in [-0.25, -0.2) is 4.57 Å². The van der Waals surface area contributed by atoms with Crippen molar-refractivity contribution in [2.45, 2.75) is 303 Å². The van der Waals surface area contributed by atoms with Gasteiger partial charge in [0.05, 0.1) is 19.8 Å². The molecule has 0 radical (unpaired) electrons. The molecule has 0 rings (SSSR count). The molecule has 0 bridgehead atoms. The SMILES string of the molecule is CCCCC/C=C\C/C=C\CCCCCCCCCCCC(=O)OC(COC(=O)CCCCCCCCCCCCC)COP(=O)(O)OCC(CO)OC(=O)CCCCCCC/C=C\CCCCCCCC. The van der Waals surface area contributed by atoms with E-state index in [0.29, 0.717) is 19.3 Å². The van der Waals surface area contributed by atoms with Gasteiger partial charge in [-0.2, -0.15) is 0 Å². The Morgan fingerprint density at radius 1 is 0.389 bits per heavy atom. The summed E-state index contributed by atoms with van der Waals surface area (Å²) in [6.45, 7) is 4.63. The molecule has 0 fully saturated rings. The standard InChI is InChI=1S/C60H111O11P/c1-4-7-10-13-16-19-22-24-26-27-28-29-31-33-36-39-42-45-48-51-60(64)71-57(53-67-58(62)49-46-43-40-37-34-21-18-15-12-9-6-3)55-69-72(65,66)68-54-56(52-61)70-59(63)50-47-44-41-38-35-32-30-25-23-20-17-14-11-8-5-2/h16,19,24-26,30,56-57,61H,4-15,17-18,20-23,27-29,31-55H2,1-3H3,(H,65,66)/b19-16-,26-24-,30-25-. The number of allylic oxidation sites excluding steroid dienone is 6. The number of carbonyl (C=O) groups is 3. The summed E-state index contributed by atoms with van der Waals surface area (Å²) in [6.07, 6.45) is 56.7. The minimum absolute atomic E-state index is 0.166. The normalized spacial score (nSPS) is 13.6. The number of aliphatic hydroxyl groups is 1. The second kappa shape index (κ2) is 54.9. The zero-order chi connectivity index (χ0) is 52.7. The second-order valence-corrected chi connectivity index (χ2v) is 21.6. The first kappa shape index (κ1) is 69.7. The highest BCUT2D eigenvalue weighted by atomic mass is 31.2. The Kier molecular flexibility index (Phi) is 53.2. The van der Waals surface area contributed by atoms with E-state index in [1.54, 1.807) is 0 Å². The van der Waals surface area contributed by atoms with Gasteiger partial charge >= 0.3 is 25.7 Å². The first-order valence-corrected chi connectivity index (χ1v) is 31.4. The number of rotatable bonds is 56. The number of phosphoric acid groups is 1. The number of aliphatic hydroxyl groups excluding tert-OH is 1. The lowest BCUT2D eigenvalue weighted by molar-refractivity contribution is -0.161. The largest absolute Gasteiger partial charge is 0.472 e. The summed E-state index contributed by atoms with van der Waals surface area (Å²) in [6, 6.07) is 0. The van der Waals surface area contributed by atoms with Crippen LogP contribution in [-0.4, -0.2) is 66.5 Å². The van der Waals surface area contributed by atoms with Crippen LogP contribution in [0.25, 0.3) is 0 Å². The van der Waals surface area contributed by atoms with E-state index in [2.05, 4.69) is 57.2 Å². The van der Waals surface area contributed by atoms with Gasteiger partial charge in [-0.15, -0.1) is 0 Å². The molecule has 0 aromatic carbocycles. The van der Waals surface area contributed by atoms with Crippen molar-refractivity contribution in [3.05, 3.63) is 36.5 Å². The molecule has 0 saturated heterocycles. The van der Waals surface area contributed by atoms with Crippen LogP contribution in [0.1, 0.15) is 290 Å². The van der Waals surface area contributed by atoms with Crippen molar-refractivity contribution in [2.75, 3.05) is 26.4 Å². The first-order valence-electron chi connectivity index (χ1n) is 29.9. The molecule has 0 aliphatic rings. The van der Waals surface area contributed by atoms with Crippen LogP contribution in [0.4, 0.5) is 0 Å². The highest BCUT2D eigenvalue weighted by molar-refractivity contribution is 7.47. The van der Waals surface area contributed by atoms with E-state index in [4.69, 9.17) is 23.3 Å². The number of carbonyl (C=O) groups excluding carboxylic acids is 3. The van der Waals surface area contributed by atoms with Crippen molar-refractivity contribution >= 4 is 25.7 Å². The summed E-state index contributed by atoms with van der Waals surface area (Å²) < 4.78 is 39.5. The topological polar surface area (TPSA) is 155 Å². The van der Waals surface area contributed by atoms with Gasteiger partial charge in [0.1, 0.15) is 12.7 Å². The van der Waals surface area contributed by atoms with E-state index in [1.807, 2.05) is 0 Å². The minimum atomic E-state index is -4.74. The predicted molar refractivity (Wildman–Crippen MR) is 298 cm³/mol. The maximum Gasteiger partial charge on any atom is 0.472 e. The summed E-state index contributed by atoms with van der Waals surface area (Å²) in [4.78, 5) is 48.5. The van der Waals surface area contributed by atoms with Crippen LogP contribution in [0.3, 0.4) is 0 Å². The number of phosphoric ester groups is 1. The van der Waals surface area contributed by atoms with Gasteiger partial charge in [-0.05, 0) is 77.0 Å². The smallest absolute Gasteiger partial charge is 0.462 e. The van der Waals surface area contributed by atoms with Gasteiger partial charge in [0, 0.05) is 19.3 Å². The number of esters is 3. The van der Waals surface area contributed by atoms with Crippen LogP contribution < -0.4 is 0 Å². The van der Waals surface area contributed by atoms with Crippen molar-refractivity contribution in [1.82, 2.24) is 0 Å². The quantitative estimate of drug-likeness (QED) is 0.0197. The molecule has 0 aliphatic heterocycles. The molecule has 11 nitrogen and oxygen atoms in total. The average molecular weight is 1040 g/mol. The zero-order valence-electron chi connectivity index (χ0n) is 46.7. The van der Waals surface area contributed by atoms with E-state index in [9.17, 15) is 28.9 Å². The lowest BCUT2D eigenvalue weighted by Gasteiger charge is -2.21. The lowest BCUT2D eigenvalue weighted by Crippen LogP contribution is -2.30. The maximum atomic E-state index is 12.9. The molecule has 72 heavy (non-hydrogen) atoms. The zero-order valence-corrected chi connectivity index (χ0v) is 47.6. The third kappa shape index (κ3) is 52.6. The summed E-state index contributed by atoms with van der Waals surface area (Å²) >= 11 is 0.